The Hall–Kier alpha value is -0.930. The van der Waals surface area contributed by atoms with Gasteiger partial charge in [0.1, 0.15) is 5.82 Å². The van der Waals surface area contributed by atoms with Crippen LogP contribution >= 0.6 is 0 Å². The quantitative estimate of drug-likeness (QED) is 0.822. The zero-order valence-electron chi connectivity index (χ0n) is 9.45. The van der Waals surface area contributed by atoms with E-state index < -0.39 is 0 Å². The summed E-state index contributed by atoms with van der Waals surface area (Å²) in [6, 6.07) is 7.57. The third-order valence-corrected chi connectivity index (χ3v) is 3.20. The molecule has 1 aliphatic carbocycles. The second-order valence-electron chi connectivity index (χ2n) is 4.63. The first-order chi connectivity index (χ1) is 7.74. The topological polar surface area (TPSA) is 38.0 Å². The maximum Gasteiger partial charge on any atom is 0.123 e. The summed E-state index contributed by atoms with van der Waals surface area (Å²) in [4.78, 5) is 0. The van der Waals surface area contributed by atoms with E-state index in [9.17, 15) is 4.39 Å². The third kappa shape index (κ3) is 3.29. The van der Waals surface area contributed by atoms with Crippen molar-refractivity contribution in [3.63, 3.8) is 0 Å². The van der Waals surface area contributed by atoms with Crippen LogP contribution in [-0.2, 0) is 6.54 Å². The minimum atomic E-state index is -0.167. The Morgan fingerprint density at radius 3 is 3.00 bits per heavy atom. The molecule has 2 nitrogen and oxygen atoms in total. The van der Waals surface area contributed by atoms with E-state index in [1.165, 1.54) is 18.9 Å². The summed E-state index contributed by atoms with van der Waals surface area (Å²) >= 11 is 0. The fourth-order valence-corrected chi connectivity index (χ4v) is 2.32. The number of hydrogen-bond acceptors (Lipinski definition) is 2. The molecule has 0 aromatic heterocycles. The molecule has 88 valence electrons. The summed E-state index contributed by atoms with van der Waals surface area (Å²) in [5, 5.41) is 3.45. The lowest BCUT2D eigenvalue weighted by molar-refractivity contribution is 0.338. The van der Waals surface area contributed by atoms with Crippen LogP contribution in [0, 0.1) is 5.82 Å². The van der Waals surface area contributed by atoms with Gasteiger partial charge in [0.05, 0.1) is 0 Å². The third-order valence-electron chi connectivity index (χ3n) is 3.20. The van der Waals surface area contributed by atoms with Gasteiger partial charge >= 0.3 is 0 Å². The highest BCUT2D eigenvalue weighted by atomic mass is 19.1. The zero-order valence-corrected chi connectivity index (χ0v) is 9.45. The van der Waals surface area contributed by atoms with Crippen LogP contribution in [0.15, 0.2) is 24.3 Å². The summed E-state index contributed by atoms with van der Waals surface area (Å²) in [7, 11) is 0. The van der Waals surface area contributed by atoms with E-state index in [0.717, 1.165) is 24.9 Å². The molecule has 2 unspecified atom stereocenters. The van der Waals surface area contributed by atoms with E-state index in [-0.39, 0.29) is 5.82 Å². The smallest absolute Gasteiger partial charge is 0.123 e. The molecule has 1 aliphatic rings. The first-order valence-electron chi connectivity index (χ1n) is 5.97. The molecule has 0 saturated heterocycles. The Morgan fingerprint density at radius 1 is 1.38 bits per heavy atom. The maximum atomic E-state index is 12.9. The van der Waals surface area contributed by atoms with Crippen LogP contribution in [0.2, 0.25) is 0 Å². The molecule has 3 N–H and O–H groups in total. The molecule has 0 spiro atoms. The van der Waals surface area contributed by atoms with E-state index in [0.29, 0.717) is 12.1 Å². The molecule has 0 aliphatic heterocycles. The van der Waals surface area contributed by atoms with E-state index in [1.807, 2.05) is 6.07 Å². The van der Waals surface area contributed by atoms with E-state index in [4.69, 9.17) is 5.73 Å². The second kappa shape index (κ2) is 5.41. The maximum absolute atomic E-state index is 12.9. The molecular formula is C13H19FN2. The number of nitrogens with two attached hydrogens (primary N) is 1. The zero-order chi connectivity index (χ0) is 11.4. The fraction of sp³-hybridized carbons (Fsp3) is 0.538. The lowest BCUT2D eigenvalue weighted by atomic mass is 9.91. The van der Waals surface area contributed by atoms with Gasteiger partial charge in [0.15, 0.2) is 0 Å². The highest BCUT2D eigenvalue weighted by Crippen LogP contribution is 2.17. The van der Waals surface area contributed by atoms with Crippen LogP contribution in [0.25, 0.3) is 0 Å². The van der Waals surface area contributed by atoms with Crippen molar-refractivity contribution in [1.29, 1.82) is 0 Å². The minimum Gasteiger partial charge on any atom is -0.328 e. The van der Waals surface area contributed by atoms with Gasteiger partial charge in [0.2, 0.25) is 0 Å². The molecule has 0 bridgehead atoms. The molecular weight excluding hydrogens is 203 g/mol. The molecule has 1 aromatic rings. The minimum absolute atomic E-state index is 0.167. The molecule has 0 heterocycles. The first-order valence-corrected chi connectivity index (χ1v) is 5.97. The van der Waals surface area contributed by atoms with E-state index in [2.05, 4.69) is 5.32 Å². The lowest BCUT2D eigenvalue weighted by Crippen LogP contribution is -2.39. The second-order valence-corrected chi connectivity index (χ2v) is 4.63. The molecule has 0 amide bonds. The summed E-state index contributed by atoms with van der Waals surface area (Å²) in [5.74, 6) is -0.167. The fourth-order valence-electron chi connectivity index (χ4n) is 2.32. The molecule has 1 fully saturated rings. The monoisotopic (exact) mass is 222 g/mol. The number of benzene rings is 1. The average molecular weight is 222 g/mol. The summed E-state index contributed by atoms with van der Waals surface area (Å²) in [6.07, 6.45) is 4.55. The van der Waals surface area contributed by atoms with Gasteiger partial charge in [0.25, 0.3) is 0 Å². The Bertz CT molecular complexity index is 340. The Morgan fingerprint density at radius 2 is 2.25 bits per heavy atom. The summed E-state index contributed by atoms with van der Waals surface area (Å²) < 4.78 is 12.9. The normalized spacial score (nSPS) is 25.6. The highest BCUT2D eigenvalue weighted by molar-refractivity contribution is 5.16. The standard InChI is InChI=1S/C13H19FN2/c14-11-4-1-3-10(7-11)9-16-13-6-2-5-12(15)8-13/h1,3-4,7,12-13,16H,2,5-6,8-9,15H2. The Kier molecular flexibility index (Phi) is 3.91. The van der Waals surface area contributed by atoms with Crippen LogP contribution in [0.5, 0.6) is 0 Å². The van der Waals surface area contributed by atoms with Crippen molar-refractivity contribution in [2.45, 2.75) is 44.3 Å². The molecule has 1 aromatic carbocycles. The lowest BCUT2D eigenvalue weighted by Gasteiger charge is -2.27. The van der Waals surface area contributed by atoms with Crippen molar-refractivity contribution in [3.8, 4) is 0 Å². The van der Waals surface area contributed by atoms with Crippen molar-refractivity contribution < 1.29 is 4.39 Å². The van der Waals surface area contributed by atoms with Gasteiger partial charge < -0.3 is 11.1 Å². The summed E-state index contributed by atoms with van der Waals surface area (Å²) in [5.41, 5.74) is 6.92. The largest absolute Gasteiger partial charge is 0.328 e. The van der Waals surface area contributed by atoms with Gasteiger partial charge in [-0.05, 0) is 37.0 Å². The predicted octanol–water partition coefficient (Wildman–Crippen LogP) is 2.19. The van der Waals surface area contributed by atoms with Crippen LogP contribution in [0.4, 0.5) is 4.39 Å². The average Bonchev–Trinajstić information content (AvgIpc) is 2.27. The van der Waals surface area contributed by atoms with Gasteiger partial charge in [-0.1, -0.05) is 18.6 Å². The van der Waals surface area contributed by atoms with Crippen LogP contribution < -0.4 is 11.1 Å². The van der Waals surface area contributed by atoms with Gasteiger partial charge in [-0.15, -0.1) is 0 Å². The van der Waals surface area contributed by atoms with Crippen LogP contribution in [0.3, 0.4) is 0 Å². The Balaban J connectivity index is 1.82. The predicted molar refractivity (Wildman–Crippen MR) is 63.5 cm³/mol. The molecule has 1 saturated carbocycles. The Labute approximate surface area is 96.0 Å². The number of nitrogens with one attached hydrogen (secondary N) is 1. The van der Waals surface area contributed by atoms with Gasteiger partial charge in [-0.3, -0.25) is 0 Å². The molecule has 16 heavy (non-hydrogen) atoms. The van der Waals surface area contributed by atoms with E-state index >= 15 is 0 Å². The van der Waals surface area contributed by atoms with Crippen molar-refractivity contribution >= 4 is 0 Å². The van der Waals surface area contributed by atoms with Crippen molar-refractivity contribution in [3.05, 3.63) is 35.6 Å². The van der Waals surface area contributed by atoms with Gasteiger partial charge in [-0.25, -0.2) is 4.39 Å². The van der Waals surface area contributed by atoms with Crippen molar-refractivity contribution in [2.24, 2.45) is 5.73 Å². The SMILES string of the molecule is NC1CCCC(NCc2cccc(F)c2)C1. The summed E-state index contributed by atoms with van der Waals surface area (Å²) in [6.45, 7) is 0.731. The van der Waals surface area contributed by atoms with Crippen molar-refractivity contribution in [2.75, 3.05) is 0 Å². The first kappa shape index (κ1) is 11.6. The van der Waals surface area contributed by atoms with Crippen molar-refractivity contribution in [1.82, 2.24) is 5.32 Å². The molecule has 2 atom stereocenters. The molecule has 0 radical (unpaired) electrons. The molecule has 3 heteroatoms. The highest BCUT2D eigenvalue weighted by Gasteiger charge is 2.18. The number of rotatable bonds is 3. The van der Waals surface area contributed by atoms with E-state index in [1.54, 1.807) is 12.1 Å². The van der Waals surface area contributed by atoms with Crippen LogP contribution in [0.1, 0.15) is 31.2 Å². The van der Waals surface area contributed by atoms with Gasteiger partial charge in [0, 0.05) is 18.6 Å². The number of halogens is 1. The van der Waals surface area contributed by atoms with Gasteiger partial charge in [-0.2, -0.15) is 0 Å². The van der Waals surface area contributed by atoms with Crippen LogP contribution in [-0.4, -0.2) is 12.1 Å². The molecule has 2 rings (SSSR count). The number of hydrogen-bond donors (Lipinski definition) is 2.